The molecule has 2 N–H and O–H groups in total. The highest BCUT2D eigenvalue weighted by atomic mass is 32.2. The molecule has 0 saturated carbocycles. The summed E-state index contributed by atoms with van der Waals surface area (Å²) in [5.41, 5.74) is 0. The van der Waals surface area contributed by atoms with E-state index in [0.29, 0.717) is 5.75 Å². The lowest BCUT2D eigenvalue weighted by atomic mass is 10.3. The van der Waals surface area contributed by atoms with Crippen molar-refractivity contribution in [2.24, 2.45) is 0 Å². The number of sulfonamides is 1. The lowest BCUT2D eigenvalue weighted by Gasteiger charge is -2.10. The van der Waals surface area contributed by atoms with E-state index in [1.165, 1.54) is 12.1 Å². The summed E-state index contributed by atoms with van der Waals surface area (Å²) in [5.74, 6) is 0.626. The SMILES string of the molecule is CC(C)Oc1ccc(S(=O)(=O)NCCO)cc1. The fourth-order valence-corrected chi connectivity index (χ4v) is 2.25. The molecule has 0 spiro atoms. The highest BCUT2D eigenvalue weighted by Gasteiger charge is 2.12. The molecule has 0 bridgehead atoms. The van der Waals surface area contributed by atoms with Crippen molar-refractivity contribution in [3.05, 3.63) is 24.3 Å². The second-order valence-corrected chi connectivity index (χ2v) is 5.53. The third-order valence-corrected chi connectivity index (χ3v) is 3.39. The predicted molar refractivity (Wildman–Crippen MR) is 64.5 cm³/mol. The van der Waals surface area contributed by atoms with Gasteiger partial charge in [-0.3, -0.25) is 0 Å². The molecule has 0 aliphatic heterocycles. The van der Waals surface area contributed by atoms with E-state index in [9.17, 15) is 8.42 Å². The third-order valence-electron chi connectivity index (χ3n) is 1.91. The summed E-state index contributed by atoms with van der Waals surface area (Å²) in [6.07, 6.45) is 0.0463. The van der Waals surface area contributed by atoms with Crippen LogP contribution < -0.4 is 9.46 Å². The molecule has 0 atom stereocenters. The quantitative estimate of drug-likeness (QED) is 0.790. The van der Waals surface area contributed by atoms with E-state index in [2.05, 4.69) is 4.72 Å². The summed E-state index contributed by atoms with van der Waals surface area (Å²) >= 11 is 0. The van der Waals surface area contributed by atoms with E-state index in [1.807, 2.05) is 13.8 Å². The van der Waals surface area contributed by atoms with Crippen molar-refractivity contribution in [2.45, 2.75) is 24.8 Å². The van der Waals surface area contributed by atoms with Gasteiger partial charge in [0.05, 0.1) is 17.6 Å². The second kappa shape index (κ2) is 6.00. The number of benzene rings is 1. The Kier molecular flexibility index (Phi) is 4.92. The van der Waals surface area contributed by atoms with Crippen LogP contribution in [0.1, 0.15) is 13.8 Å². The van der Waals surface area contributed by atoms with Crippen LogP contribution in [0.5, 0.6) is 5.75 Å². The molecule has 1 aromatic rings. The largest absolute Gasteiger partial charge is 0.491 e. The molecule has 1 rings (SSSR count). The van der Waals surface area contributed by atoms with E-state index in [0.717, 1.165) is 0 Å². The lowest BCUT2D eigenvalue weighted by Crippen LogP contribution is -2.26. The van der Waals surface area contributed by atoms with Crippen LogP contribution in [0.15, 0.2) is 29.2 Å². The monoisotopic (exact) mass is 259 g/mol. The number of aliphatic hydroxyl groups excluding tert-OH is 1. The van der Waals surface area contributed by atoms with Gasteiger partial charge in [0.2, 0.25) is 10.0 Å². The summed E-state index contributed by atoms with van der Waals surface area (Å²) in [4.78, 5) is 0.155. The highest BCUT2D eigenvalue weighted by Crippen LogP contribution is 2.16. The van der Waals surface area contributed by atoms with Crippen molar-refractivity contribution in [3.8, 4) is 5.75 Å². The number of nitrogens with one attached hydrogen (secondary N) is 1. The normalized spacial score (nSPS) is 11.8. The van der Waals surface area contributed by atoms with Crippen molar-refractivity contribution in [2.75, 3.05) is 13.2 Å². The molecule has 0 unspecified atom stereocenters. The van der Waals surface area contributed by atoms with Gasteiger partial charge >= 0.3 is 0 Å². The van der Waals surface area contributed by atoms with Crippen LogP contribution in [-0.2, 0) is 10.0 Å². The van der Waals surface area contributed by atoms with E-state index in [-0.39, 0.29) is 24.2 Å². The Morgan fingerprint density at radius 2 is 1.88 bits per heavy atom. The van der Waals surface area contributed by atoms with Gasteiger partial charge in [0.15, 0.2) is 0 Å². The highest BCUT2D eigenvalue weighted by molar-refractivity contribution is 7.89. The van der Waals surface area contributed by atoms with Crippen molar-refractivity contribution in [1.82, 2.24) is 4.72 Å². The summed E-state index contributed by atoms with van der Waals surface area (Å²) in [5, 5.41) is 8.57. The number of aliphatic hydroxyl groups is 1. The van der Waals surface area contributed by atoms with Crippen LogP contribution in [0, 0.1) is 0 Å². The third kappa shape index (κ3) is 4.33. The summed E-state index contributed by atoms with van der Waals surface area (Å²) in [7, 11) is -3.53. The number of rotatable bonds is 6. The Morgan fingerprint density at radius 1 is 1.29 bits per heavy atom. The van der Waals surface area contributed by atoms with Gasteiger partial charge in [-0.2, -0.15) is 0 Å². The molecule has 0 amide bonds. The van der Waals surface area contributed by atoms with Gasteiger partial charge < -0.3 is 9.84 Å². The van der Waals surface area contributed by atoms with Gasteiger partial charge in [-0.25, -0.2) is 13.1 Å². The van der Waals surface area contributed by atoms with Gasteiger partial charge in [0, 0.05) is 6.54 Å². The van der Waals surface area contributed by atoms with Crippen LogP contribution in [0.2, 0.25) is 0 Å². The number of hydrogen-bond acceptors (Lipinski definition) is 4. The van der Waals surface area contributed by atoms with Crippen molar-refractivity contribution in [1.29, 1.82) is 0 Å². The maximum Gasteiger partial charge on any atom is 0.240 e. The molecule has 0 fully saturated rings. The Bertz CT molecular complexity index is 439. The van der Waals surface area contributed by atoms with Crippen molar-refractivity contribution in [3.63, 3.8) is 0 Å². The molecule has 1 aromatic carbocycles. The van der Waals surface area contributed by atoms with Gasteiger partial charge in [0.25, 0.3) is 0 Å². The van der Waals surface area contributed by atoms with E-state index in [4.69, 9.17) is 9.84 Å². The Hall–Kier alpha value is -1.11. The van der Waals surface area contributed by atoms with Crippen LogP contribution in [0.25, 0.3) is 0 Å². The zero-order chi connectivity index (χ0) is 12.9. The van der Waals surface area contributed by atoms with Crippen molar-refractivity contribution < 1.29 is 18.3 Å². The molecule has 0 saturated heterocycles. The lowest BCUT2D eigenvalue weighted by molar-refractivity contribution is 0.242. The van der Waals surface area contributed by atoms with E-state index < -0.39 is 10.0 Å². The Balaban J connectivity index is 2.80. The van der Waals surface area contributed by atoms with E-state index in [1.54, 1.807) is 12.1 Å². The van der Waals surface area contributed by atoms with Crippen molar-refractivity contribution >= 4 is 10.0 Å². The minimum absolute atomic E-state index is 0.00653. The zero-order valence-corrected chi connectivity index (χ0v) is 10.7. The molecule has 0 radical (unpaired) electrons. The van der Waals surface area contributed by atoms with Gasteiger partial charge in [0.1, 0.15) is 5.75 Å². The maximum absolute atomic E-state index is 11.7. The average molecular weight is 259 g/mol. The van der Waals surface area contributed by atoms with Gasteiger partial charge in [-0.1, -0.05) is 0 Å². The molecule has 5 nitrogen and oxygen atoms in total. The minimum Gasteiger partial charge on any atom is -0.491 e. The van der Waals surface area contributed by atoms with Crippen LogP contribution in [0.4, 0.5) is 0 Å². The Labute approximate surface area is 101 Å². The summed E-state index contributed by atoms with van der Waals surface area (Å²) < 4.78 is 31.0. The molecule has 0 heterocycles. The fourth-order valence-electron chi connectivity index (χ4n) is 1.23. The smallest absolute Gasteiger partial charge is 0.240 e. The molecule has 6 heteroatoms. The van der Waals surface area contributed by atoms with Gasteiger partial charge in [-0.05, 0) is 38.1 Å². The summed E-state index contributed by atoms with van der Waals surface area (Å²) in [6, 6.07) is 6.15. The zero-order valence-electron chi connectivity index (χ0n) is 9.88. The molecule has 0 aliphatic rings. The predicted octanol–water partition coefficient (Wildman–Crippen LogP) is 0.744. The Morgan fingerprint density at radius 3 is 2.35 bits per heavy atom. The molecule has 17 heavy (non-hydrogen) atoms. The first-order chi connectivity index (χ1) is 7.95. The standard InChI is InChI=1S/C11H17NO4S/c1-9(2)16-10-3-5-11(6-4-10)17(14,15)12-7-8-13/h3-6,9,12-13H,7-8H2,1-2H3. The molecular weight excluding hydrogens is 242 g/mol. The molecule has 0 aliphatic carbocycles. The van der Waals surface area contributed by atoms with Crippen LogP contribution in [-0.4, -0.2) is 32.8 Å². The first-order valence-electron chi connectivity index (χ1n) is 5.33. The first kappa shape index (κ1) is 14.0. The van der Waals surface area contributed by atoms with Gasteiger partial charge in [-0.15, -0.1) is 0 Å². The summed E-state index contributed by atoms with van der Waals surface area (Å²) in [6.45, 7) is 3.57. The minimum atomic E-state index is -3.53. The van der Waals surface area contributed by atoms with E-state index >= 15 is 0 Å². The molecule has 96 valence electrons. The molecular formula is C11H17NO4S. The second-order valence-electron chi connectivity index (χ2n) is 3.76. The number of hydrogen-bond donors (Lipinski definition) is 2. The fraction of sp³-hybridized carbons (Fsp3) is 0.455. The topological polar surface area (TPSA) is 75.6 Å². The average Bonchev–Trinajstić information content (AvgIpc) is 2.26. The van der Waals surface area contributed by atoms with Crippen LogP contribution >= 0.6 is 0 Å². The first-order valence-corrected chi connectivity index (χ1v) is 6.81. The molecule has 0 aromatic heterocycles. The number of ether oxygens (including phenoxy) is 1. The maximum atomic E-state index is 11.7. The van der Waals surface area contributed by atoms with Crippen LogP contribution in [0.3, 0.4) is 0 Å².